The Kier molecular flexibility index (Phi) is 4.43. The van der Waals surface area contributed by atoms with Gasteiger partial charge >= 0.3 is 0 Å². The van der Waals surface area contributed by atoms with Gasteiger partial charge in [-0.2, -0.15) is 0 Å². The molecule has 0 saturated carbocycles. The molecule has 1 atom stereocenters. The monoisotopic (exact) mass is 348 g/mol. The van der Waals surface area contributed by atoms with Gasteiger partial charge in [0.2, 0.25) is 0 Å². The van der Waals surface area contributed by atoms with E-state index in [0.717, 1.165) is 33.5 Å². The van der Waals surface area contributed by atoms with Crippen LogP contribution >= 0.6 is 15.9 Å². The third kappa shape index (κ3) is 3.20. The highest BCUT2D eigenvalue weighted by molar-refractivity contribution is 9.10. The number of hydrogen-bond acceptors (Lipinski definition) is 4. The molecule has 5 heteroatoms. The molecule has 0 amide bonds. The van der Waals surface area contributed by atoms with Gasteiger partial charge in [-0.05, 0) is 35.4 Å². The molecular formula is C16H17BrN2O2. The van der Waals surface area contributed by atoms with E-state index in [-0.39, 0.29) is 6.04 Å². The molecule has 3 N–H and O–H groups in total. The van der Waals surface area contributed by atoms with Gasteiger partial charge in [-0.25, -0.2) is 5.43 Å². The summed E-state index contributed by atoms with van der Waals surface area (Å²) >= 11 is 3.49. The summed E-state index contributed by atoms with van der Waals surface area (Å²) in [7, 11) is 0. The van der Waals surface area contributed by atoms with Crippen LogP contribution in [-0.4, -0.2) is 13.2 Å². The molecule has 21 heavy (non-hydrogen) atoms. The van der Waals surface area contributed by atoms with Gasteiger partial charge in [0.25, 0.3) is 0 Å². The molecule has 2 aromatic carbocycles. The number of rotatable bonds is 3. The Morgan fingerprint density at radius 3 is 2.52 bits per heavy atom. The largest absolute Gasteiger partial charge is 0.490 e. The SMILES string of the molecule is NNC(c1cccc(Br)c1)c1ccc2c(c1)OCCCO2. The first-order valence-electron chi connectivity index (χ1n) is 6.89. The minimum Gasteiger partial charge on any atom is -0.490 e. The molecule has 1 unspecified atom stereocenters. The molecule has 0 spiro atoms. The molecule has 0 aromatic heterocycles. The minimum absolute atomic E-state index is 0.0975. The van der Waals surface area contributed by atoms with Gasteiger partial charge in [-0.15, -0.1) is 0 Å². The number of hydrazine groups is 1. The Morgan fingerprint density at radius 2 is 1.76 bits per heavy atom. The van der Waals surface area contributed by atoms with Crippen LogP contribution in [0.2, 0.25) is 0 Å². The molecule has 0 bridgehead atoms. The van der Waals surface area contributed by atoms with Crippen LogP contribution < -0.4 is 20.7 Å². The molecule has 0 saturated heterocycles. The van der Waals surface area contributed by atoms with Crippen LogP contribution in [0.15, 0.2) is 46.9 Å². The second kappa shape index (κ2) is 6.47. The minimum atomic E-state index is -0.0975. The lowest BCUT2D eigenvalue weighted by Crippen LogP contribution is -2.28. The van der Waals surface area contributed by atoms with Crippen molar-refractivity contribution in [2.45, 2.75) is 12.5 Å². The van der Waals surface area contributed by atoms with Gasteiger partial charge in [-0.1, -0.05) is 34.1 Å². The second-order valence-electron chi connectivity index (χ2n) is 4.91. The van der Waals surface area contributed by atoms with Crippen molar-refractivity contribution >= 4 is 15.9 Å². The summed E-state index contributed by atoms with van der Waals surface area (Å²) < 4.78 is 12.4. The van der Waals surface area contributed by atoms with Gasteiger partial charge in [0.1, 0.15) is 0 Å². The molecule has 110 valence electrons. The predicted molar refractivity (Wildman–Crippen MR) is 85.4 cm³/mol. The quantitative estimate of drug-likeness (QED) is 0.660. The molecule has 1 aliphatic heterocycles. The highest BCUT2D eigenvalue weighted by atomic mass is 79.9. The average Bonchev–Trinajstić information content (AvgIpc) is 2.73. The van der Waals surface area contributed by atoms with Crippen molar-refractivity contribution in [3.8, 4) is 11.5 Å². The van der Waals surface area contributed by atoms with E-state index >= 15 is 0 Å². The van der Waals surface area contributed by atoms with E-state index in [9.17, 15) is 0 Å². The molecule has 2 aromatic rings. The standard InChI is InChI=1S/C16H17BrN2O2/c17-13-4-1-3-11(9-13)16(19-18)12-5-6-14-15(10-12)21-8-2-7-20-14/h1,3-6,9-10,16,19H,2,7-8,18H2. The van der Waals surface area contributed by atoms with Crippen molar-refractivity contribution in [1.82, 2.24) is 5.43 Å². The zero-order valence-electron chi connectivity index (χ0n) is 11.5. The lowest BCUT2D eigenvalue weighted by molar-refractivity contribution is 0.297. The van der Waals surface area contributed by atoms with Crippen molar-refractivity contribution in [3.63, 3.8) is 0 Å². The third-order valence-electron chi connectivity index (χ3n) is 3.45. The maximum absolute atomic E-state index is 5.76. The summed E-state index contributed by atoms with van der Waals surface area (Å²) in [5.74, 6) is 7.33. The summed E-state index contributed by atoms with van der Waals surface area (Å²) in [6, 6.07) is 13.9. The fourth-order valence-electron chi connectivity index (χ4n) is 2.43. The maximum Gasteiger partial charge on any atom is 0.161 e. The van der Waals surface area contributed by atoms with Crippen molar-refractivity contribution in [2.75, 3.05) is 13.2 Å². The van der Waals surface area contributed by atoms with Crippen LogP contribution in [0.1, 0.15) is 23.6 Å². The molecule has 0 radical (unpaired) electrons. The molecule has 0 aliphatic carbocycles. The Morgan fingerprint density at radius 1 is 1.00 bits per heavy atom. The van der Waals surface area contributed by atoms with E-state index in [2.05, 4.69) is 21.4 Å². The summed E-state index contributed by atoms with van der Waals surface area (Å²) in [4.78, 5) is 0. The van der Waals surface area contributed by atoms with Crippen molar-refractivity contribution in [3.05, 3.63) is 58.1 Å². The normalized spacial score (nSPS) is 15.3. The predicted octanol–water partition coefficient (Wildman–Crippen LogP) is 3.16. The van der Waals surface area contributed by atoms with Crippen LogP contribution in [0, 0.1) is 0 Å². The van der Waals surface area contributed by atoms with Gasteiger partial charge in [0, 0.05) is 10.9 Å². The van der Waals surface area contributed by atoms with Gasteiger partial charge in [0.15, 0.2) is 11.5 Å². The van der Waals surface area contributed by atoms with Crippen LogP contribution in [0.5, 0.6) is 11.5 Å². The first kappa shape index (κ1) is 14.4. The number of fused-ring (bicyclic) bond motifs is 1. The summed E-state index contributed by atoms with van der Waals surface area (Å²) in [5.41, 5.74) is 4.99. The fraction of sp³-hybridized carbons (Fsp3) is 0.250. The second-order valence-corrected chi connectivity index (χ2v) is 5.83. The molecule has 4 nitrogen and oxygen atoms in total. The topological polar surface area (TPSA) is 56.5 Å². The van der Waals surface area contributed by atoms with Gasteiger partial charge in [-0.3, -0.25) is 5.84 Å². The van der Waals surface area contributed by atoms with Crippen molar-refractivity contribution in [2.24, 2.45) is 5.84 Å². The Balaban J connectivity index is 1.96. The molecular weight excluding hydrogens is 332 g/mol. The van der Waals surface area contributed by atoms with Crippen molar-refractivity contribution in [1.29, 1.82) is 0 Å². The highest BCUT2D eigenvalue weighted by Gasteiger charge is 2.17. The number of nitrogens with two attached hydrogens (primary N) is 1. The zero-order chi connectivity index (χ0) is 14.7. The third-order valence-corrected chi connectivity index (χ3v) is 3.95. The highest BCUT2D eigenvalue weighted by Crippen LogP contribution is 2.34. The number of nitrogens with one attached hydrogen (secondary N) is 1. The first-order valence-corrected chi connectivity index (χ1v) is 7.68. The van der Waals surface area contributed by atoms with Crippen LogP contribution in [0.25, 0.3) is 0 Å². The smallest absolute Gasteiger partial charge is 0.161 e. The van der Waals surface area contributed by atoms with Crippen LogP contribution in [0.3, 0.4) is 0 Å². The Labute approximate surface area is 132 Å². The van der Waals surface area contributed by atoms with Crippen molar-refractivity contribution < 1.29 is 9.47 Å². The summed E-state index contributed by atoms with van der Waals surface area (Å²) in [5, 5.41) is 0. The fourth-order valence-corrected chi connectivity index (χ4v) is 2.85. The van der Waals surface area contributed by atoms with Gasteiger partial charge in [0.05, 0.1) is 19.3 Å². The Hall–Kier alpha value is -1.56. The first-order chi connectivity index (χ1) is 10.3. The van der Waals surface area contributed by atoms with E-state index < -0.39 is 0 Å². The van der Waals surface area contributed by atoms with E-state index in [0.29, 0.717) is 13.2 Å². The van der Waals surface area contributed by atoms with E-state index in [1.165, 1.54) is 0 Å². The van der Waals surface area contributed by atoms with E-state index in [1.54, 1.807) is 0 Å². The van der Waals surface area contributed by atoms with Gasteiger partial charge < -0.3 is 9.47 Å². The number of halogens is 1. The summed E-state index contributed by atoms with van der Waals surface area (Å²) in [6.07, 6.45) is 0.897. The van der Waals surface area contributed by atoms with Crippen LogP contribution in [0.4, 0.5) is 0 Å². The number of benzene rings is 2. The molecule has 3 rings (SSSR count). The lowest BCUT2D eigenvalue weighted by atomic mass is 9.99. The van der Waals surface area contributed by atoms with E-state index in [1.807, 2.05) is 42.5 Å². The van der Waals surface area contributed by atoms with Crippen LogP contribution in [-0.2, 0) is 0 Å². The number of ether oxygens (including phenoxy) is 2. The van der Waals surface area contributed by atoms with E-state index in [4.69, 9.17) is 15.3 Å². The average molecular weight is 349 g/mol. The molecule has 1 aliphatic rings. The molecule has 0 fully saturated rings. The summed E-state index contributed by atoms with van der Waals surface area (Å²) in [6.45, 7) is 1.37. The Bertz CT molecular complexity index is 633. The zero-order valence-corrected chi connectivity index (χ0v) is 13.1. The lowest BCUT2D eigenvalue weighted by Gasteiger charge is -2.19. The molecule has 1 heterocycles. The maximum atomic E-state index is 5.76. The number of hydrogen-bond donors (Lipinski definition) is 2.